The number of halogens is 4. The summed E-state index contributed by atoms with van der Waals surface area (Å²) >= 11 is 2.87. The second kappa shape index (κ2) is 6.61. The number of rotatable bonds is 4. The summed E-state index contributed by atoms with van der Waals surface area (Å²) in [5, 5.41) is 15.4. The lowest BCUT2D eigenvalue weighted by atomic mass is 10.3. The van der Waals surface area contributed by atoms with Gasteiger partial charge in [-0.2, -0.15) is 18.3 Å². The highest BCUT2D eigenvalue weighted by Gasteiger charge is 2.37. The number of anilines is 1. The minimum absolute atomic E-state index is 0.00414. The van der Waals surface area contributed by atoms with Gasteiger partial charge in [-0.05, 0) is 35.0 Å². The van der Waals surface area contributed by atoms with Gasteiger partial charge in [0, 0.05) is 18.2 Å². The minimum Gasteiger partial charge on any atom is -0.508 e. The van der Waals surface area contributed by atoms with Crippen molar-refractivity contribution in [3.05, 3.63) is 40.1 Å². The number of carbonyl (C=O) groups is 1. The highest BCUT2D eigenvalue weighted by molar-refractivity contribution is 9.10. The van der Waals surface area contributed by atoms with Gasteiger partial charge in [0.1, 0.15) is 5.75 Å². The number of nitrogens with one attached hydrogen (secondary N) is 1. The SMILES string of the molecule is Cc1c(Br)c(C(F)(F)F)nn1CCC(=O)Nc1cccc(O)c1. The van der Waals surface area contributed by atoms with Crippen LogP contribution in [0, 0.1) is 6.92 Å². The standard InChI is InChI=1S/C14H13BrF3N3O2/c1-8-12(15)13(14(16,17)18)20-21(8)6-5-11(23)19-9-3-2-4-10(22)7-9/h2-4,7,22H,5-6H2,1H3,(H,19,23). The van der Waals surface area contributed by atoms with Crippen LogP contribution in [0.25, 0.3) is 0 Å². The van der Waals surface area contributed by atoms with E-state index in [0.717, 1.165) is 4.68 Å². The topological polar surface area (TPSA) is 67.2 Å². The van der Waals surface area contributed by atoms with Crippen molar-refractivity contribution in [3.63, 3.8) is 0 Å². The van der Waals surface area contributed by atoms with Crippen molar-refractivity contribution in [2.45, 2.75) is 26.1 Å². The summed E-state index contributed by atoms with van der Waals surface area (Å²) in [6.45, 7) is 1.49. The van der Waals surface area contributed by atoms with E-state index in [1.807, 2.05) is 0 Å². The third-order valence-corrected chi connectivity index (χ3v) is 4.03. The molecule has 1 amide bonds. The number of hydrogen-bond acceptors (Lipinski definition) is 3. The molecule has 124 valence electrons. The van der Waals surface area contributed by atoms with Gasteiger partial charge in [0.15, 0.2) is 5.69 Å². The second-order valence-corrected chi connectivity index (χ2v) is 5.61. The fourth-order valence-electron chi connectivity index (χ4n) is 1.94. The highest BCUT2D eigenvalue weighted by atomic mass is 79.9. The lowest BCUT2D eigenvalue weighted by molar-refractivity contribution is -0.142. The molecule has 2 aromatic rings. The average Bonchev–Trinajstić information content (AvgIpc) is 2.73. The molecule has 9 heteroatoms. The number of amides is 1. The summed E-state index contributed by atoms with van der Waals surface area (Å²) in [5.41, 5.74) is -0.310. The van der Waals surface area contributed by atoms with Crippen LogP contribution < -0.4 is 5.32 Å². The smallest absolute Gasteiger partial charge is 0.436 e. The molecule has 0 aliphatic carbocycles. The maximum Gasteiger partial charge on any atom is 0.436 e. The molecule has 0 aliphatic rings. The molecule has 0 unspecified atom stereocenters. The summed E-state index contributed by atoms with van der Waals surface area (Å²) in [5.74, 6) is -0.389. The number of benzene rings is 1. The van der Waals surface area contributed by atoms with Gasteiger partial charge in [0.05, 0.1) is 16.7 Å². The van der Waals surface area contributed by atoms with E-state index in [2.05, 4.69) is 26.3 Å². The summed E-state index contributed by atoms with van der Waals surface area (Å²) in [6, 6.07) is 5.98. The quantitative estimate of drug-likeness (QED) is 0.834. The fourth-order valence-corrected chi connectivity index (χ4v) is 2.45. The molecule has 0 atom stereocenters. The molecular weight excluding hydrogens is 379 g/mol. The van der Waals surface area contributed by atoms with Crippen LogP contribution in [-0.2, 0) is 17.5 Å². The van der Waals surface area contributed by atoms with E-state index in [9.17, 15) is 23.1 Å². The van der Waals surface area contributed by atoms with Gasteiger partial charge in [-0.1, -0.05) is 6.07 Å². The molecule has 0 saturated heterocycles. The number of phenols is 1. The first-order valence-electron chi connectivity index (χ1n) is 6.57. The lowest BCUT2D eigenvalue weighted by Crippen LogP contribution is -2.16. The molecule has 0 bridgehead atoms. The Balaban J connectivity index is 2.02. The van der Waals surface area contributed by atoms with E-state index < -0.39 is 17.8 Å². The first kappa shape index (κ1) is 17.3. The van der Waals surface area contributed by atoms with Crippen LogP contribution in [0.2, 0.25) is 0 Å². The lowest BCUT2D eigenvalue weighted by Gasteiger charge is -2.07. The third-order valence-electron chi connectivity index (χ3n) is 3.08. The van der Waals surface area contributed by atoms with Crippen molar-refractivity contribution >= 4 is 27.5 Å². The molecule has 2 rings (SSSR count). The monoisotopic (exact) mass is 391 g/mol. The highest BCUT2D eigenvalue weighted by Crippen LogP contribution is 2.35. The van der Waals surface area contributed by atoms with Gasteiger partial charge < -0.3 is 10.4 Å². The van der Waals surface area contributed by atoms with Crippen LogP contribution >= 0.6 is 15.9 Å². The van der Waals surface area contributed by atoms with E-state index in [1.165, 1.54) is 19.1 Å². The van der Waals surface area contributed by atoms with Gasteiger partial charge in [0.2, 0.25) is 5.91 Å². The number of aromatic nitrogens is 2. The van der Waals surface area contributed by atoms with E-state index in [-0.39, 0.29) is 23.2 Å². The van der Waals surface area contributed by atoms with E-state index in [1.54, 1.807) is 12.1 Å². The molecule has 0 fully saturated rings. The fraction of sp³-hybridized carbons (Fsp3) is 0.286. The molecule has 1 aromatic carbocycles. The second-order valence-electron chi connectivity index (χ2n) is 4.82. The largest absolute Gasteiger partial charge is 0.508 e. The predicted molar refractivity (Wildman–Crippen MR) is 81.0 cm³/mol. The molecule has 0 aliphatic heterocycles. The van der Waals surface area contributed by atoms with E-state index >= 15 is 0 Å². The van der Waals surface area contributed by atoms with Crippen LogP contribution in [0.3, 0.4) is 0 Å². The van der Waals surface area contributed by atoms with Gasteiger partial charge >= 0.3 is 6.18 Å². The Bertz CT molecular complexity index is 729. The molecule has 1 aromatic heterocycles. The molecule has 0 spiro atoms. The third kappa shape index (κ3) is 4.25. The maximum absolute atomic E-state index is 12.8. The molecule has 5 nitrogen and oxygen atoms in total. The van der Waals surface area contributed by atoms with E-state index in [4.69, 9.17) is 0 Å². The normalized spacial score (nSPS) is 11.5. The summed E-state index contributed by atoms with van der Waals surface area (Å²) in [6.07, 6.45) is -4.61. The summed E-state index contributed by atoms with van der Waals surface area (Å²) < 4.78 is 39.3. The minimum atomic E-state index is -4.56. The number of carbonyl (C=O) groups excluding carboxylic acids is 1. The van der Waals surface area contributed by atoms with Gasteiger partial charge in [0.25, 0.3) is 0 Å². The Hall–Kier alpha value is -2.03. The number of aryl methyl sites for hydroxylation is 1. The van der Waals surface area contributed by atoms with Gasteiger partial charge in [-0.3, -0.25) is 9.48 Å². The van der Waals surface area contributed by atoms with Crippen molar-refractivity contribution in [2.24, 2.45) is 0 Å². The Kier molecular flexibility index (Phi) is 4.98. The summed E-state index contributed by atoms with van der Waals surface area (Å²) in [7, 11) is 0. The summed E-state index contributed by atoms with van der Waals surface area (Å²) in [4.78, 5) is 11.8. The number of hydrogen-bond donors (Lipinski definition) is 2. The molecular formula is C14H13BrF3N3O2. The average molecular weight is 392 g/mol. The van der Waals surface area contributed by atoms with Crippen LogP contribution in [0.4, 0.5) is 18.9 Å². The van der Waals surface area contributed by atoms with Crippen molar-refractivity contribution in [3.8, 4) is 5.75 Å². The molecule has 0 radical (unpaired) electrons. The van der Waals surface area contributed by atoms with Crippen LogP contribution in [0.5, 0.6) is 5.75 Å². The van der Waals surface area contributed by atoms with Crippen molar-refractivity contribution in [1.82, 2.24) is 9.78 Å². The molecule has 1 heterocycles. The Labute approximate surface area is 138 Å². The zero-order valence-corrected chi connectivity index (χ0v) is 13.6. The van der Waals surface area contributed by atoms with Crippen molar-refractivity contribution in [2.75, 3.05) is 5.32 Å². The number of aromatic hydroxyl groups is 1. The Morgan fingerprint density at radius 3 is 2.70 bits per heavy atom. The Morgan fingerprint density at radius 2 is 2.13 bits per heavy atom. The zero-order chi connectivity index (χ0) is 17.2. The van der Waals surface area contributed by atoms with Crippen LogP contribution in [-0.4, -0.2) is 20.8 Å². The molecule has 2 N–H and O–H groups in total. The molecule has 0 saturated carbocycles. The number of nitrogens with zero attached hydrogens (tertiary/aromatic N) is 2. The van der Waals surface area contributed by atoms with Crippen LogP contribution in [0.15, 0.2) is 28.7 Å². The first-order valence-corrected chi connectivity index (χ1v) is 7.37. The molecule has 23 heavy (non-hydrogen) atoms. The number of alkyl halides is 3. The van der Waals surface area contributed by atoms with Gasteiger partial charge in [-0.15, -0.1) is 0 Å². The maximum atomic E-state index is 12.8. The van der Waals surface area contributed by atoms with Crippen molar-refractivity contribution in [1.29, 1.82) is 0 Å². The van der Waals surface area contributed by atoms with Gasteiger partial charge in [-0.25, -0.2) is 0 Å². The van der Waals surface area contributed by atoms with Crippen molar-refractivity contribution < 1.29 is 23.1 Å². The van der Waals surface area contributed by atoms with Crippen LogP contribution in [0.1, 0.15) is 17.8 Å². The zero-order valence-electron chi connectivity index (χ0n) is 12.0. The predicted octanol–water partition coefficient (Wildman–Crippen LogP) is 3.71. The number of phenolic OH excluding ortho intramolecular Hbond substituents is 1. The van der Waals surface area contributed by atoms with E-state index in [0.29, 0.717) is 11.4 Å². The first-order chi connectivity index (χ1) is 10.7. The Morgan fingerprint density at radius 1 is 1.43 bits per heavy atom.